The van der Waals surface area contributed by atoms with Crippen molar-refractivity contribution in [2.75, 3.05) is 6.61 Å². The Morgan fingerprint density at radius 2 is 2.00 bits per heavy atom. The summed E-state index contributed by atoms with van der Waals surface area (Å²) in [6.45, 7) is 17.1. The molecule has 2 aliphatic rings. The maximum atomic E-state index is 12.3. The van der Waals surface area contributed by atoms with Gasteiger partial charge in [0.2, 0.25) is 0 Å². The zero-order valence-corrected chi connectivity index (χ0v) is 20.1. The average Bonchev–Trinajstić information content (AvgIpc) is 2.70. The molecule has 0 bridgehead atoms. The highest BCUT2D eigenvalue weighted by Gasteiger charge is 2.55. The molecule has 0 amide bonds. The van der Waals surface area contributed by atoms with Crippen LogP contribution >= 0.6 is 0 Å². The molecule has 0 heterocycles. The number of hydrogen-bond donors (Lipinski definition) is 1. The van der Waals surface area contributed by atoms with E-state index in [0.29, 0.717) is 12.5 Å². The number of aryl methyl sites for hydroxylation is 1. The van der Waals surface area contributed by atoms with E-state index in [-0.39, 0.29) is 17.3 Å². The Kier molecular flexibility index (Phi) is 6.69. The number of carbonyl (C=O) groups is 1. The second-order valence-corrected chi connectivity index (χ2v) is 10.6. The van der Waals surface area contributed by atoms with E-state index >= 15 is 0 Å². The largest absolute Gasteiger partial charge is 0.481 e. The number of hydrogen-bond acceptors (Lipinski definition) is 3. The highest BCUT2D eigenvalue weighted by atomic mass is 16.6. The molecule has 4 heteroatoms. The predicted molar refractivity (Wildman–Crippen MR) is 127 cm³/mol. The average molecular weight is 426 g/mol. The zero-order valence-electron chi connectivity index (χ0n) is 20.1. The minimum Gasteiger partial charge on any atom is -0.481 e. The highest BCUT2D eigenvalue weighted by molar-refractivity contribution is 6.03. The summed E-state index contributed by atoms with van der Waals surface area (Å²) < 4.78 is 0. The smallest absolute Gasteiger partial charge is 0.309 e. The molecular weight excluding hydrogens is 386 g/mol. The van der Waals surface area contributed by atoms with E-state index in [2.05, 4.69) is 58.5 Å². The summed E-state index contributed by atoms with van der Waals surface area (Å²) in [7, 11) is 0. The van der Waals surface area contributed by atoms with E-state index in [0.717, 1.165) is 43.4 Å². The van der Waals surface area contributed by atoms with Crippen molar-refractivity contribution >= 4 is 11.7 Å². The molecular formula is C27H39NO3. The van der Waals surface area contributed by atoms with Crippen LogP contribution in [0.25, 0.3) is 0 Å². The molecule has 4 nitrogen and oxygen atoms in total. The number of carboxylic acids is 1. The van der Waals surface area contributed by atoms with Gasteiger partial charge in [-0.1, -0.05) is 64.9 Å². The fourth-order valence-electron chi connectivity index (χ4n) is 6.12. The van der Waals surface area contributed by atoms with Crippen LogP contribution in [0.4, 0.5) is 0 Å². The minimum absolute atomic E-state index is 0.132. The number of carboxylic acid groups (broad SMARTS) is 1. The number of fused-ring (bicyclic) bond motifs is 3. The van der Waals surface area contributed by atoms with E-state index in [1.54, 1.807) is 6.08 Å². The maximum absolute atomic E-state index is 12.3. The van der Waals surface area contributed by atoms with Crippen molar-refractivity contribution in [3.05, 3.63) is 47.0 Å². The Morgan fingerprint density at radius 1 is 1.29 bits per heavy atom. The quantitative estimate of drug-likeness (QED) is 0.236. The van der Waals surface area contributed by atoms with Crippen molar-refractivity contribution < 1.29 is 14.7 Å². The number of aliphatic carboxylic acids is 1. The molecule has 2 aliphatic carbocycles. The lowest BCUT2D eigenvalue weighted by atomic mass is 9.49. The van der Waals surface area contributed by atoms with Gasteiger partial charge in [0.1, 0.15) is 6.61 Å². The first kappa shape index (κ1) is 23.6. The molecule has 1 fully saturated rings. The van der Waals surface area contributed by atoms with E-state index in [9.17, 15) is 9.90 Å². The van der Waals surface area contributed by atoms with Crippen LogP contribution in [0, 0.1) is 17.3 Å². The minimum atomic E-state index is -0.663. The summed E-state index contributed by atoms with van der Waals surface area (Å²) in [6.07, 6.45) is 6.34. The molecule has 0 aliphatic heterocycles. The van der Waals surface area contributed by atoms with Crippen LogP contribution < -0.4 is 0 Å². The molecule has 0 saturated heterocycles. The van der Waals surface area contributed by atoms with E-state index in [1.165, 1.54) is 16.7 Å². The van der Waals surface area contributed by atoms with Crippen LogP contribution in [0.5, 0.6) is 0 Å². The number of nitrogens with zero attached hydrogens (tertiary/aromatic N) is 1. The molecule has 0 aromatic heterocycles. The van der Waals surface area contributed by atoms with Crippen LogP contribution in [0.15, 0.2) is 29.9 Å². The van der Waals surface area contributed by atoms with Crippen molar-refractivity contribution in [3.63, 3.8) is 0 Å². The molecule has 3 rings (SSSR count). The lowest BCUT2D eigenvalue weighted by molar-refractivity contribution is -0.157. The zero-order chi connectivity index (χ0) is 23.0. The molecule has 1 aromatic rings. The first-order chi connectivity index (χ1) is 14.6. The van der Waals surface area contributed by atoms with Gasteiger partial charge in [0, 0.05) is 5.56 Å². The van der Waals surface area contributed by atoms with Crippen molar-refractivity contribution in [1.29, 1.82) is 0 Å². The maximum Gasteiger partial charge on any atom is 0.309 e. The summed E-state index contributed by atoms with van der Waals surface area (Å²) in [5, 5.41) is 14.6. The fraction of sp³-hybridized carbons (Fsp3) is 0.630. The van der Waals surface area contributed by atoms with Crippen molar-refractivity contribution in [2.45, 2.75) is 85.0 Å². The third kappa shape index (κ3) is 4.06. The van der Waals surface area contributed by atoms with Gasteiger partial charge in [-0.3, -0.25) is 4.79 Å². The first-order valence-corrected chi connectivity index (χ1v) is 11.8. The number of rotatable bonds is 7. The lowest BCUT2D eigenvalue weighted by Crippen LogP contribution is -2.52. The van der Waals surface area contributed by atoms with Crippen LogP contribution in [0.3, 0.4) is 0 Å². The fourth-order valence-corrected chi connectivity index (χ4v) is 6.12. The van der Waals surface area contributed by atoms with Gasteiger partial charge in [0.25, 0.3) is 0 Å². The van der Waals surface area contributed by atoms with Gasteiger partial charge in [-0.2, -0.15) is 0 Å². The molecule has 31 heavy (non-hydrogen) atoms. The Hall–Kier alpha value is -2.10. The topological polar surface area (TPSA) is 58.9 Å². The van der Waals surface area contributed by atoms with Crippen LogP contribution in [-0.4, -0.2) is 23.4 Å². The summed E-state index contributed by atoms with van der Waals surface area (Å²) in [5.41, 5.74) is 5.32. The molecule has 3 atom stereocenters. The third-order valence-electron chi connectivity index (χ3n) is 7.81. The van der Waals surface area contributed by atoms with Crippen LogP contribution in [0.2, 0.25) is 0 Å². The van der Waals surface area contributed by atoms with Gasteiger partial charge in [-0.05, 0) is 78.5 Å². The van der Waals surface area contributed by atoms with Crippen molar-refractivity contribution in [2.24, 2.45) is 22.4 Å². The lowest BCUT2D eigenvalue weighted by Gasteiger charge is -2.53. The van der Waals surface area contributed by atoms with Gasteiger partial charge < -0.3 is 9.94 Å². The Balaban J connectivity index is 2.19. The van der Waals surface area contributed by atoms with E-state index < -0.39 is 11.4 Å². The summed E-state index contributed by atoms with van der Waals surface area (Å²) >= 11 is 0. The van der Waals surface area contributed by atoms with Gasteiger partial charge >= 0.3 is 5.97 Å². The second kappa shape index (κ2) is 8.80. The second-order valence-electron chi connectivity index (χ2n) is 10.6. The van der Waals surface area contributed by atoms with E-state index in [1.807, 2.05) is 6.92 Å². The van der Waals surface area contributed by atoms with Gasteiger partial charge in [0.15, 0.2) is 0 Å². The van der Waals surface area contributed by atoms with Crippen LogP contribution in [0.1, 0.15) is 95.4 Å². The molecule has 170 valence electrons. The monoisotopic (exact) mass is 425 g/mol. The Bertz CT molecular complexity index is 885. The predicted octanol–water partition coefficient (Wildman–Crippen LogP) is 6.47. The molecule has 1 aromatic carbocycles. The van der Waals surface area contributed by atoms with Crippen molar-refractivity contribution in [3.8, 4) is 0 Å². The summed E-state index contributed by atoms with van der Waals surface area (Å²) in [5.74, 6) is 0.0779. The van der Waals surface area contributed by atoms with Gasteiger partial charge in [0.05, 0.1) is 11.1 Å². The molecule has 0 radical (unpaired) electrons. The van der Waals surface area contributed by atoms with Crippen LogP contribution in [-0.2, 0) is 21.5 Å². The van der Waals surface area contributed by atoms with Crippen molar-refractivity contribution in [1.82, 2.24) is 0 Å². The Morgan fingerprint density at radius 3 is 2.58 bits per heavy atom. The summed E-state index contributed by atoms with van der Waals surface area (Å²) in [6, 6.07) is 4.70. The summed E-state index contributed by atoms with van der Waals surface area (Å²) in [4.78, 5) is 17.8. The molecule has 2 unspecified atom stereocenters. The standard InChI is InChI=1S/C27H39NO3/c1-8-14-31-28-24(18(4)5)21-16-22-19(15-20(21)17(2)3)10-11-23-26(22,6)12-9-13-27(23,7)25(29)30/h8,15-18,23H,1,9-14H2,2-7H3,(H,29,30)/b28-24+/t23?,26-,27?/m1/s1. The highest BCUT2D eigenvalue weighted by Crippen LogP contribution is 2.57. The SMILES string of the molecule is C=CCO/N=C(/c1cc2c(cc1C(C)C)CCC1C(C)(C(=O)O)CCC[C@]21C)C(C)C. The normalized spacial score (nSPS) is 28.3. The molecule has 1 saturated carbocycles. The Labute approximate surface area is 187 Å². The molecule has 0 spiro atoms. The van der Waals surface area contributed by atoms with Gasteiger partial charge in [-0.15, -0.1) is 0 Å². The number of benzene rings is 1. The first-order valence-electron chi connectivity index (χ1n) is 11.8. The van der Waals surface area contributed by atoms with Gasteiger partial charge in [-0.25, -0.2) is 0 Å². The molecule has 1 N–H and O–H groups in total. The number of oxime groups is 1. The third-order valence-corrected chi connectivity index (χ3v) is 7.81. The van der Waals surface area contributed by atoms with E-state index in [4.69, 9.17) is 4.84 Å².